The monoisotopic (exact) mass is 199 g/mol. The Morgan fingerprint density at radius 2 is 2.29 bits per heavy atom. The van der Waals surface area contributed by atoms with Crippen LogP contribution in [0.5, 0.6) is 0 Å². The number of carboxylic acid groups (broad SMARTS) is 1. The predicted molar refractivity (Wildman–Crippen MR) is 56.3 cm³/mol. The fraction of sp³-hybridized carbons (Fsp3) is 0.909. The van der Waals surface area contributed by atoms with Crippen molar-refractivity contribution in [3.8, 4) is 0 Å². The van der Waals surface area contributed by atoms with E-state index in [2.05, 4.69) is 11.9 Å². The summed E-state index contributed by atoms with van der Waals surface area (Å²) in [5.74, 6) is -0.785. The molecule has 1 fully saturated rings. The third-order valence-corrected chi connectivity index (χ3v) is 3.32. The number of hydrogen-bond donors (Lipinski definition) is 1. The van der Waals surface area contributed by atoms with Gasteiger partial charge in [-0.15, -0.1) is 0 Å². The van der Waals surface area contributed by atoms with E-state index in [-0.39, 0.29) is 5.92 Å². The minimum atomic E-state index is -0.633. The van der Waals surface area contributed by atoms with Gasteiger partial charge in [-0.25, -0.2) is 0 Å². The molecule has 2 unspecified atom stereocenters. The summed E-state index contributed by atoms with van der Waals surface area (Å²) >= 11 is 0. The summed E-state index contributed by atoms with van der Waals surface area (Å²) in [7, 11) is 2.11. The molecule has 0 aliphatic carbocycles. The Bertz CT molecular complexity index is 194. The summed E-state index contributed by atoms with van der Waals surface area (Å²) in [6.45, 7) is 3.09. The first-order valence-corrected chi connectivity index (χ1v) is 5.58. The predicted octanol–water partition coefficient (Wildman–Crippen LogP) is 1.97. The molecule has 14 heavy (non-hydrogen) atoms. The first-order valence-electron chi connectivity index (χ1n) is 5.58. The lowest BCUT2D eigenvalue weighted by atomic mass is 9.91. The summed E-state index contributed by atoms with van der Waals surface area (Å²) < 4.78 is 0. The van der Waals surface area contributed by atoms with Gasteiger partial charge in [-0.05, 0) is 39.3 Å². The quantitative estimate of drug-likeness (QED) is 0.752. The van der Waals surface area contributed by atoms with E-state index in [1.165, 1.54) is 19.3 Å². The Morgan fingerprint density at radius 1 is 1.57 bits per heavy atom. The zero-order valence-electron chi connectivity index (χ0n) is 9.20. The van der Waals surface area contributed by atoms with E-state index in [1.54, 1.807) is 0 Å². The van der Waals surface area contributed by atoms with Crippen LogP contribution in [0.3, 0.4) is 0 Å². The summed E-state index contributed by atoms with van der Waals surface area (Å²) in [5.41, 5.74) is 0. The zero-order valence-corrected chi connectivity index (χ0v) is 9.20. The minimum Gasteiger partial charge on any atom is -0.481 e. The Kier molecular flexibility index (Phi) is 4.39. The maximum atomic E-state index is 10.9. The number of carboxylic acids is 1. The van der Waals surface area contributed by atoms with Crippen molar-refractivity contribution >= 4 is 5.97 Å². The molecule has 1 aliphatic heterocycles. The van der Waals surface area contributed by atoms with Gasteiger partial charge in [0.05, 0.1) is 5.92 Å². The second-order valence-electron chi connectivity index (χ2n) is 4.31. The van der Waals surface area contributed by atoms with Crippen molar-refractivity contribution < 1.29 is 9.90 Å². The van der Waals surface area contributed by atoms with Gasteiger partial charge in [-0.3, -0.25) is 4.79 Å². The highest BCUT2D eigenvalue weighted by molar-refractivity contribution is 5.69. The molecule has 0 aromatic carbocycles. The normalized spacial score (nSPS) is 26.0. The third-order valence-electron chi connectivity index (χ3n) is 3.32. The van der Waals surface area contributed by atoms with E-state index in [4.69, 9.17) is 5.11 Å². The average Bonchev–Trinajstić information content (AvgIpc) is 2.16. The number of piperidine rings is 1. The molecule has 0 saturated carbocycles. The van der Waals surface area contributed by atoms with Crippen LogP contribution in [0.1, 0.15) is 39.0 Å². The highest BCUT2D eigenvalue weighted by atomic mass is 16.4. The molecule has 0 aromatic rings. The van der Waals surface area contributed by atoms with E-state index < -0.39 is 5.97 Å². The number of carbonyl (C=O) groups is 1. The molecule has 3 heteroatoms. The molecule has 1 heterocycles. The SMILES string of the molecule is CCC(CC1CCCCN1C)C(=O)O. The van der Waals surface area contributed by atoms with Crippen molar-refractivity contribution in [2.24, 2.45) is 5.92 Å². The van der Waals surface area contributed by atoms with Crippen LogP contribution in [0.25, 0.3) is 0 Å². The summed E-state index contributed by atoms with van der Waals surface area (Å²) in [6, 6.07) is 0.491. The smallest absolute Gasteiger partial charge is 0.306 e. The molecule has 1 rings (SSSR count). The lowest BCUT2D eigenvalue weighted by molar-refractivity contribution is -0.142. The number of hydrogen-bond acceptors (Lipinski definition) is 2. The van der Waals surface area contributed by atoms with Crippen LogP contribution in [0.4, 0.5) is 0 Å². The third kappa shape index (κ3) is 2.98. The molecule has 0 amide bonds. The molecule has 1 N–H and O–H groups in total. The van der Waals surface area contributed by atoms with Gasteiger partial charge in [0, 0.05) is 6.04 Å². The molecule has 3 nitrogen and oxygen atoms in total. The lowest BCUT2D eigenvalue weighted by Gasteiger charge is -2.33. The van der Waals surface area contributed by atoms with E-state index in [0.717, 1.165) is 19.4 Å². The molecular weight excluding hydrogens is 178 g/mol. The molecule has 2 atom stereocenters. The van der Waals surface area contributed by atoms with Gasteiger partial charge in [-0.1, -0.05) is 13.3 Å². The van der Waals surface area contributed by atoms with Crippen molar-refractivity contribution in [2.45, 2.75) is 45.1 Å². The van der Waals surface area contributed by atoms with Crippen molar-refractivity contribution in [2.75, 3.05) is 13.6 Å². The van der Waals surface area contributed by atoms with Crippen LogP contribution in [-0.2, 0) is 4.79 Å². The molecule has 0 spiro atoms. The van der Waals surface area contributed by atoms with Crippen LogP contribution < -0.4 is 0 Å². The van der Waals surface area contributed by atoms with E-state index in [0.29, 0.717) is 6.04 Å². The number of aliphatic carboxylic acids is 1. The van der Waals surface area contributed by atoms with Gasteiger partial charge < -0.3 is 10.0 Å². The first-order chi connectivity index (χ1) is 6.65. The van der Waals surface area contributed by atoms with Crippen LogP contribution in [0.2, 0.25) is 0 Å². The maximum absolute atomic E-state index is 10.9. The van der Waals surface area contributed by atoms with Gasteiger partial charge >= 0.3 is 5.97 Å². The average molecular weight is 199 g/mol. The summed E-state index contributed by atoms with van der Waals surface area (Å²) in [4.78, 5) is 13.2. The van der Waals surface area contributed by atoms with Crippen molar-refractivity contribution in [1.82, 2.24) is 4.90 Å². The van der Waals surface area contributed by atoms with Crippen LogP contribution in [-0.4, -0.2) is 35.6 Å². The molecule has 1 aliphatic rings. The second-order valence-corrected chi connectivity index (χ2v) is 4.31. The highest BCUT2D eigenvalue weighted by Gasteiger charge is 2.25. The Labute approximate surface area is 86.1 Å². The summed E-state index contributed by atoms with van der Waals surface area (Å²) in [6.07, 6.45) is 5.25. The van der Waals surface area contributed by atoms with Crippen molar-refractivity contribution in [1.29, 1.82) is 0 Å². The molecule has 0 radical (unpaired) electrons. The number of likely N-dealkylation sites (tertiary alicyclic amines) is 1. The van der Waals surface area contributed by atoms with Crippen molar-refractivity contribution in [3.05, 3.63) is 0 Å². The van der Waals surface area contributed by atoms with Gasteiger partial charge in [0.15, 0.2) is 0 Å². The van der Waals surface area contributed by atoms with Gasteiger partial charge in [0.2, 0.25) is 0 Å². The Morgan fingerprint density at radius 3 is 2.79 bits per heavy atom. The van der Waals surface area contributed by atoms with Crippen LogP contribution >= 0.6 is 0 Å². The molecular formula is C11H21NO2. The van der Waals surface area contributed by atoms with E-state index >= 15 is 0 Å². The fourth-order valence-corrected chi connectivity index (χ4v) is 2.21. The van der Waals surface area contributed by atoms with E-state index in [1.807, 2.05) is 6.92 Å². The minimum absolute atomic E-state index is 0.152. The van der Waals surface area contributed by atoms with E-state index in [9.17, 15) is 4.79 Å². The highest BCUT2D eigenvalue weighted by Crippen LogP contribution is 2.22. The lowest BCUT2D eigenvalue weighted by Crippen LogP contribution is -2.38. The largest absolute Gasteiger partial charge is 0.481 e. The second kappa shape index (κ2) is 5.35. The zero-order chi connectivity index (χ0) is 10.6. The maximum Gasteiger partial charge on any atom is 0.306 e. The number of rotatable bonds is 4. The topological polar surface area (TPSA) is 40.5 Å². The summed E-state index contributed by atoms with van der Waals surface area (Å²) in [5, 5.41) is 8.97. The Hall–Kier alpha value is -0.570. The Balaban J connectivity index is 2.43. The van der Waals surface area contributed by atoms with Gasteiger partial charge in [-0.2, -0.15) is 0 Å². The van der Waals surface area contributed by atoms with Crippen LogP contribution in [0, 0.1) is 5.92 Å². The first kappa shape index (κ1) is 11.5. The van der Waals surface area contributed by atoms with Gasteiger partial charge in [0.25, 0.3) is 0 Å². The molecule has 1 saturated heterocycles. The standard InChI is InChI=1S/C11H21NO2/c1-3-9(11(13)14)8-10-6-4-5-7-12(10)2/h9-10H,3-8H2,1-2H3,(H,13,14). The van der Waals surface area contributed by atoms with Gasteiger partial charge in [0.1, 0.15) is 0 Å². The fourth-order valence-electron chi connectivity index (χ4n) is 2.21. The van der Waals surface area contributed by atoms with Crippen molar-refractivity contribution in [3.63, 3.8) is 0 Å². The molecule has 0 aromatic heterocycles. The molecule has 82 valence electrons. The number of nitrogens with zero attached hydrogens (tertiary/aromatic N) is 1. The molecule has 0 bridgehead atoms. The van der Waals surface area contributed by atoms with Crippen LogP contribution in [0.15, 0.2) is 0 Å².